The summed E-state index contributed by atoms with van der Waals surface area (Å²) in [4.78, 5) is 2.25. The van der Waals surface area contributed by atoms with Gasteiger partial charge in [-0.05, 0) is 26.3 Å². The average Bonchev–Trinajstić information content (AvgIpc) is 2.47. The quantitative estimate of drug-likeness (QED) is 0.798. The summed E-state index contributed by atoms with van der Waals surface area (Å²) in [5, 5.41) is 0. The molecule has 0 aromatic carbocycles. The summed E-state index contributed by atoms with van der Waals surface area (Å²) in [6.45, 7) is 5.14. The molecule has 2 N–H and O–H groups in total. The van der Waals surface area contributed by atoms with Crippen LogP contribution in [0.4, 0.5) is 0 Å². The van der Waals surface area contributed by atoms with Crippen LogP contribution in [0, 0.1) is 0 Å². The molecule has 2 saturated heterocycles. The summed E-state index contributed by atoms with van der Waals surface area (Å²) < 4.78 is 29.0. The fourth-order valence-corrected chi connectivity index (χ4v) is 5.13. The lowest BCUT2D eigenvalue weighted by molar-refractivity contribution is 0.133. The van der Waals surface area contributed by atoms with Crippen LogP contribution in [0.1, 0.15) is 32.6 Å². The normalized spacial score (nSPS) is 31.6. The van der Waals surface area contributed by atoms with Gasteiger partial charge in [-0.15, -0.1) is 0 Å². The molecule has 0 aromatic heterocycles. The van der Waals surface area contributed by atoms with Crippen molar-refractivity contribution in [2.24, 2.45) is 5.73 Å². The van der Waals surface area contributed by atoms with Gasteiger partial charge >= 0.3 is 0 Å². The van der Waals surface area contributed by atoms with Crippen molar-refractivity contribution in [2.75, 3.05) is 39.8 Å². The third-order valence-corrected chi connectivity index (χ3v) is 6.74. The summed E-state index contributed by atoms with van der Waals surface area (Å²) in [5.74, 6) is 0. The van der Waals surface area contributed by atoms with Crippen molar-refractivity contribution >= 4 is 10.2 Å². The van der Waals surface area contributed by atoms with Crippen molar-refractivity contribution in [3.63, 3.8) is 0 Å². The number of piperazine rings is 1. The Labute approximate surface area is 123 Å². The van der Waals surface area contributed by atoms with Crippen LogP contribution in [0.15, 0.2) is 0 Å². The van der Waals surface area contributed by atoms with Gasteiger partial charge in [0.15, 0.2) is 0 Å². The molecule has 2 aliphatic rings. The zero-order valence-electron chi connectivity index (χ0n) is 12.7. The largest absolute Gasteiger partial charge is 0.329 e. The number of hydrogen-bond donors (Lipinski definition) is 1. The molecular formula is C13H28N4O2S. The maximum Gasteiger partial charge on any atom is 0.282 e. The molecule has 2 aliphatic heterocycles. The van der Waals surface area contributed by atoms with E-state index in [1.807, 2.05) is 0 Å². The van der Waals surface area contributed by atoms with Gasteiger partial charge < -0.3 is 10.6 Å². The first-order valence-electron chi connectivity index (χ1n) is 7.68. The number of hydrogen-bond acceptors (Lipinski definition) is 4. The van der Waals surface area contributed by atoms with Crippen LogP contribution in [-0.2, 0) is 10.2 Å². The van der Waals surface area contributed by atoms with Crippen molar-refractivity contribution in [1.82, 2.24) is 13.5 Å². The minimum absolute atomic E-state index is 0.0199. The van der Waals surface area contributed by atoms with E-state index in [0.29, 0.717) is 32.2 Å². The molecule has 0 spiro atoms. The Morgan fingerprint density at radius 1 is 1.15 bits per heavy atom. The molecule has 0 radical (unpaired) electrons. The van der Waals surface area contributed by atoms with Gasteiger partial charge in [-0.3, -0.25) is 0 Å². The second-order valence-electron chi connectivity index (χ2n) is 5.90. The number of nitrogens with two attached hydrogens (primary N) is 1. The molecule has 0 bridgehead atoms. The van der Waals surface area contributed by atoms with Crippen molar-refractivity contribution in [1.29, 1.82) is 0 Å². The number of likely N-dealkylation sites (N-methyl/N-ethyl adjacent to an activating group) is 1. The Morgan fingerprint density at radius 3 is 2.55 bits per heavy atom. The molecule has 2 fully saturated rings. The third kappa shape index (κ3) is 3.17. The van der Waals surface area contributed by atoms with Crippen LogP contribution in [-0.4, -0.2) is 73.8 Å². The predicted molar refractivity (Wildman–Crippen MR) is 80.6 cm³/mol. The van der Waals surface area contributed by atoms with E-state index in [1.54, 1.807) is 8.61 Å². The van der Waals surface area contributed by atoms with Crippen molar-refractivity contribution in [3.05, 3.63) is 0 Å². The van der Waals surface area contributed by atoms with Crippen molar-refractivity contribution in [2.45, 2.75) is 44.7 Å². The minimum atomic E-state index is -3.35. The van der Waals surface area contributed by atoms with Crippen LogP contribution >= 0.6 is 0 Å². The molecule has 2 heterocycles. The molecule has 7 heteroatoms. The molecule has 2 atom stereocenters. The van der Waals surface area contributed by atoms with Gasteiger partial charge in [0.1, 0.15) is 0 Å². The maximum absolute atomic E-state index is 12.9. The molecule has 2 unspecified atom stereocenters. The van der Waals surface area contributed by atoms with E-state index < -0.39 is 10.2 Å². The molecule has 6 nitrogen and oxygen atoms in total. The Morgan fingerprint density at radius 2 is 1.90 bits per heavy atom. The highest BCUT2D eigenvalue weighted by Crippen LogP contribution is 2.24. The SMILES string of the molecule is CCC1CN(S(=O)(=O)N2CCCCC2CN)CCN1C. The van der Waals surface area contributed by atoms with E-state index in [0.717, 1.165) is 32.2 Å². The monoisotopic (exact) mass is 304 g/mol. The second-order valence-corrected chi connectivity index (χ2v) is 7.79. The first kappa shape index (κ1) is 16.2. The Balaban J connectivity index is 2.13. The highest BCUT2D eigenvalue weighted by Gasteiger charge is 2.38. The van der Waals surface area contributed by atoms with E-state index in [-0.39, 0.29) is 6.04 Å². The highest BCUT2D eigenvalue weighted by atomic mass is 32.2. The van der Waals surface area contributed by atoms with Gasteiger partial charge in [-0.1, -0.05) is 13.3 Å². The summed E-state index contributed by atoms with van der Waals surface area (Å²) >= 11 is 0. The van der Waals surface area contributed by atoms with Gasteiger partial charge in [0, 0.05) is 44.8 Å². The highest BCUT2D eigenvalue weighted by molar-refractivity contribution is 7.86. The van der Waals surface area contributed by atoms with Crippen LogP contribution in [0.3, 0.4) is 0 Å². The lowest BCUT2D eigenvalue weighted by Crippen LogP contribution is -2.59. The van der Waals surface area contributed by atoms with Crippen LogP contribution in [0.2, 0.25) is 0 Å². The number of piperidine rings is 1. The molecule has 0 amide bonds. The van der Waals surface area contributed by atoms with Crippen LogP contribution in [0.5, 0.6) is 0 Å². The van der Waals surface area contributed by atoms with Crippen LogP contribution in [0.25, 0.3) is 0 Å². The van der Waals surface area contributed by atoms with Crippen LogP contribution < -0.4 is 5.73 Å². The first-order chi connectivity index (χ1) is 9.50. The summed E-state index contributed by atoms with van der Waals surface area (Å²) in [5.41, 5.74) is 5.76. The zero-order valence-corrected chi connectivity index (χ0v) is 13.5. The Hall–Kier alpha value is -0.210. The lowest BCUT2D eigenvalue weighted by Gasteiger charge is -2.42. The van der Waals surface area contributed by atoms with E-state index in [9.17, 15) is 8.42 Å². The molecule has 0 aromatic rings. The second kappa shape index (κ2) is 6.70. The molecule has 0 aliphatic carbocycles. The van der Waals surface area contributed by atoms with Gasteiger partial charge in [0.2, 0.25) is 0 Å². The molecule has 0 saturated carbocycles. The van der Waals surface area contributed by atoms with E-state index in [1.165, 1.54) is 0 Å². The first-order valence-corrected chi connectivity index (χ1v) is 9.07. The smallest absolute Gasteiger partial charge is 0.282 e. The van der Waals surface area contributed by atoms with Gasteiger partial charge in [-0.25, -0.2) is 0 Å². The fraction of sp³-hybridized carbons (Fsp3) is 1.00. The van der Waals surface area contributed by atoms with Crippen molar-refractivity contribution in [3.8, 4) is 0 Å². The zero-order chi connectivity index (χ0) is 14.8. The average molecular weight is 304 g/mol. The summed E-state index contributed by atoms with van der Waals surface area (Å²) in [6, 6.07) is 0.299. The minimum Gasteiger partial charge on any atom is -0.329 e. The van der Waals surface area contributed by atoms with Gasteiger partial charge in [0.05, 0.1) is 0 Å². The number of nitrogens with zero attached hydrogens (tertiary/aromatic N) is 3. The van der Waals surface area contributed by atoms with Crippen molar-refractivity contribution < 1.29 is 8.42 Å². The topological polar surface area (TPSA) is 69.9 Å². The Bertz CT molecular complexity index is 415. The van der Waals surface area contributed by atoms with E-state index >= 15 is 0 Å². The molecule has 20 heavy (non-hydrogen) atoms. The standard InChI is InChI=1S/C13H28N4O2S/c1-3-12-11-16(9-8-15(12)2)20(18,19)17-7-5-4-6-13(17)10-14/h12-13H,3-11,14H2,1-2H3. The number of rotatable bonds is 4. The molecule has 2 rings (SSSR count). The summed E-state index contributed by atoms with van der Waals surface area (Å²) in [7, 11) is -1.28. The molecular weight excluding hydrogens is 276 g/mol. The third-order valence-electron chi connectivity index (χ3n) is 4.68. The summed E-state index contributed by atoms with van der Waals surface area (Å²) in [6.07, 6.45) is 3.89. The Kier molecular flexibility index (Phi) is 5.42. The van der Waals surface area contributed by atoms with Gasteiger partial charge in [-0.2, -0.15) is 17.0 Å². The van der Waals surface area contributed by atoms with E-state index in [2.05, 4.69) is 18.9 Å². The maximum atomic E-state index is 12.9. The molecule has 118 valence electrons. The fourth-order valence-electron chi connectivity index (χ4n) is 3.23. The van der Waals surface area contributed by atoms with E-state index in [4.69, 9.17) is 5.73 Å². The van der Waals surface area contributed by atoms with Gasteiger partial charge in [0.25, 0.3) is 10.2 Å². The lowest BCUT2D eigenvalue weighted by atomic mass is 10.1. The predicted octanol–water partition coefficient (Wildman–Crippen LogP) is 0.0704.